The van der Waals surface area contributed by atoms with Crippen molar-refractivity contribution in [3.63, 3.8) is 0 Å². The zero-order valence-corrected chi connectivity index (χ0v) is 12.5. The molecule has 1 aromatic carbocycles. The van der Waals surface area contributed by atoms with Gasteiger partial charge in [0.25, 0.3) is 0 Å². The minimum Gasteiger partial charge on any atom is -0.309 e. The van der Waals surface area contributed by atoms with Gasteiger partial charge < -0.3 is 4.90 Å². The molecular formula is C15H21ClFNO. The van der Waals surface area contributed by atoms with Crippen molar-refractivity contribution >= 4 is 23.2 Å². The monoisotopic (exact) mass is 285 g/mol. The van der Waals surface area contributed by atoms with Gasteiger partial charge in [0.15, 0.2) is 0 Å². The van der Waals surface area contributed by atoms with Crippen molar-refractivity contribution in [2.75, 3.05) is 4.90 Å². The van der Waals surface area contributed by atoms with E-state index in [0.29, 0.717) is 12.1 Å². The van der Waals surface area contributed by atoms with Crippen molar-refractivity contribution in [1.82, 2.24) is 0 Å². The van der Waals surface area contributed by atoms with E-state index in [4.69, 9.17) is 11.6 Å². The fourth-order valence-corrected chi connectivity index (χ4v) is 2.36. The molecule has 0 unspecified atom stereocenters. The molecule has 0 spiro atoms. The van der Waals surface area contributed by atoms with Gasteiger partial charge in [-0.1, -0.05) is 32.4 Å². The molecule has 1 rings (SSSR count). The Kier molecular flexibility index (Phi) is 6.29. The summed E-state index contributed by atoms with van der Waals surface area (Å²) < 4.78 is 13.2. The first kappa shape index (κ1) is 16.0. The van der Waals surface area contributed by atoms with Crippen LogP contribution in [0.25, 0.3) is 0 Å². The molecule has 0 saturated heterocycles. The Hall–Kier alpha value is -1.09. The Morgan fingerprint density at radius 1 is 1.32 bits per heavy atom. The zero-order chi connectivity index (χ0) is 14.4. The van der Waals surface area contributed by atoms with E-state index in [9.17, 15) is 9.18 Å². The summed E-state index contributed by atoms with van der Waals surface area (Å²) in [6.07, 6.45) is 3.01. The number of rotatable bonds is 6. The number of amides is 1. The van der Waals surface area contributed by atoms with Crippen LogP contribution in [0.1, 0.15) is 46.5 Å². The van der Waals surface area contributed by atoms with Gasteiger partial charge in [0, 0.05) is 18.2 Å². The third kappa shape index (κ3) is 3.93. The second kappa shape index (κ2) is 7.49. The zero-order valence-electron chi connectivity index (χ0n) is 11.7. The summed E-state index contributed by atoms with van der Waals surface area (Å²) in [5.74, 6) is -0.392. The van der Waals surface area contributed by atoms with Crippen molar-refractivity contribution < 1.29 is 9.18 Å². The van der Waals surface area contributed by atoms with Gasteiger partial charge in [0.1, 0.15) is 5.82 Å². The highest BCUT2D eigenvalue weighted by Gasteiger charge is 2.22. The molecule has 0 aromatic heterocycles. The van der Waals surface area contributed by atoms with E-state index in [0.717, 1.165) is 19.3 Å². The number of carbonyl (C=O) groups is 1. The number of anilines is 1. The van der Waals surface area contributed by atoms with Gasteiger partial charge in [-0.3, -0.25) is 4.79 Å². The van der Waals surface area contributed by atoms with E-state index >= 15 is 0 Å². The standard InChI is InChI=1S/C15H21ClFNO/c1-4-7-15(19)18(11(5-2)6-3)12-8-9-14(17)13(16)10-12/h8-11H,4-7H2,1-3H3. The lowest BCUT2D eigenvalue weighted by Crippen LogP contribution is -2.39. The maximum absolute atomic E-state index is 13.2. The molecule has 0 atom stereocenters. The largest absolute Gasteiger partial charge is 0.309 e. The minimum atomic E-state index is -0.460. The fourth-order valence-electron chi connectivity index (χ4n) is 2.18. The Bertz CT molecular complexity index is 432. The Labute approximate surface area is 119 Å². The van der Waals surface area contributed by atoms with E-state index in [1.54, 1.807) is 11.0 Å². The summed E-state index contributed by atoms with van der Waals surface area (Å²) in [4.78, 5) is 14.0. The van der Waals surface area contributed by atoms with E-state index in [-0.39, 0.29) is 17.0 Å². The number of benzene rings is 1. The second-order valence-electron chi connectivity index (χ2n) is 4.58. The number of nitrogens with zero attached hydrogens (tertiary/aromatic N) is 1. The molecule has 0 heterocycles. The van der Waals surface area contributed by atoms with Crippen LogP contribution in [0.2, 0.25) is 5.02 Å². The highest BCUT2D eigenvalue weighted by Crippen LogP contribution is 2.26. The Morgan fingerprint density at radius 3 is 2.42 bits per heavy atom. The van der Waals surface area contributed by atoms with Crippen LogP contribution in [0, 0.1) is 5.82 Å². The summed E-state index contributed by atoms with van der Waals surface area (Å²) in [5, 5.41) is 0.0535. The molecule has 0 N–H and O–H groups in total. The lowest BCUT2D eigenvalue weighted by molar-refractivity contribution is -0.119. The Morgan fingerprint density at radius 2 is 1.95 bits per heavy atom. The van der Waals surface area contributed by atoms with Gasteiger partial charge in [0.2, 0.25) is 5.91 Å². The van der Waals surface area contributed by atoms with Gasteiger partial charge in [-0.05, 0) is 37.5 Å². The van der Waals surface area contributed by atoms with Crippen molar-refractivity contribution in [3.05, 3.63) is 29.0 Å². The molecule has 1 aromatic rings. The van der Waals surface area contributed by atoms with E-state index in [1.807, 2.05) is 20.8 Å². The molecule has 4 heteroatoms. The van der Waals surface area contributed by atoms with Gasteiger partial charge in [-0.25, -0.2) is 4.39 Å². The molecule has 0 fully saturated rings. The van der Waals surface area contributed by atoms with Crippen LogP contribution in [0.15, 0.2) is 18.2 Å². The van der Waals surface area contributed by atoms with Crippen LogP contribution in [0.4, 0.5) is 10.1 Å². The normalized spacial score (nSPS) is 10.8. The predicted octanol–water partition coefficient (Wildman–Crippen LogP) is 4.80. The molecule has 0 aliphatic heterocycles. The van der Waals surface area contributed by atoms with E-state index < -0.39 is 5.82 Å². The molecule has 19 heavy (non-hydrogen) atoms. The molecule has 106 valence electrons. The minimum absolute atomic E-state index is 0.0535. The summed E-state index contributed by atoms with van der Waals surface area (Å²) >= 11 is 5.82. The lowest BCUT2D eigenvalue weighted by Gasteiger charge is -2.31. The van der Waals surface area contributed by atoms with Crippen LogP contribution in [0.5, 0.6) is 0 Å². The third-order valence-electron chi connectivity index (χ3n) is 3.22. The lowest BCUT2D eigenvalue weighted by atomic mass is 10.1. The van der Waals surface area contributed by atoms with Crippen LogP contribution in [-0.2, 0) is 4.79 Å². The molecule has 0 aliphatic rings. The van der Waals surface area contributed by atoms with Gasteiger partial charge in [-0.2, -0.15) is 0 Å². The van der Waals surface area contributed by atoms with Gasteiger partial charge in [0.05, 0.1) is 5.02 Å². The molecular weight excluding hydrogens is 265 g/mol. The Balaban J connectivity index is 3.14. The summed E-state index contributed by atoms with van der Waals surface area (Å²) in [5.41, 5.74) is 0.679. The van der Waals surface area contributed by atoms with Crippen molar-refractivity contribution in [3.8, 4) is 0 Å². The van der Waals surface area contributed by atoms with Crippen LogP contribution in [0.3, 0.4) is 0 Å². The number of hydrogen-bond donors (Lipinski definition) is 0. The van der Waals surface area contributed by atoms with Crippen LogP contribution in [-0.4, -0.2) is 11.9 Å². The maximum Gasteiger partial charge on any atom is 0.227 e. The topological polar surface area (TPSA) is 20.3 Å². The van der Waals surface area contributed by atoms with Crippen molar-refractivity contribution in [2.24, 2.45) is 0 Å². The first-order chi connectivity index (χ1) is 9.04. The average molecular weight is 286 g/mol. The number of halogens is 2. The molecule has 0 saturated carbocycles. The molecule has 0 radical (unpaired) electrons. The first-order valence-electron chi connectivity index (χ1n) is 6.82. The molecule has 0 bridgehead atoms. The van der Waals surface area contributed by atoms with Crippen LogP contribution >= 0.6 is 11.6 Å². The SMILES string of the molecule is CCCC(=O)N(c1ccc(F)c(Cl)c1)C(CC)CC. The fraction of sp³-hybridized carbons (Fsp3) is 0.533. The highest BCUT2D eigenvalue weighted by molar-refractivity contribution is 6.31. The average Bonchev–Trinajstić information content (AvgIpc) is 2.39. The molecule has 0 aliphatic carbocycles. The quantitative estimate of drug-likeness (QED) is 0.735. The predicted molar refractivity (Wildman–Crippen MR) is 78.2 cm³/mol. The third-order valence-corrected chi connectivity index (χ3v) is 3.51. The maximum atomic E-state index is 13.2. The summed E-state index contributed by atoms with van der Waals surface area (Å²) in [6, 6.07) is 4.59. The van der Waals surface area contributed by atoms with Gasteiger partial charge >= 0.3 is 0 Å². The highest BCUT2D eigenvalue weighted by atomic mass is 35.5. The number of carbonyl (C=O) groups excluding carboxylic acids is 1. The number of hydrogen-bond acceptors (Lipinski definition) is 1. The van der Waals surface area contributed by atoms with Crippen LogP contribution < -0.4 is 4.90 Å². The van der Waals surface area contributed by atoms with E-state index in [1.165, 1.54) is 12.1 Å². The smallest absolute Gasteiger partial charge is 0.227 e. The summed E-state index contributed by atoms with van der Waals surface area (Å²) in [7, 11) is 0. The van der Waals surface area contributed by atoms with Gasteiger partial charge in [-0.15, -0.1) is 0 Å². The second-order valence-corrected chi connectivity index (χ2v) is 4.99. The molecule has 1 amide bonds. The summed E-state index contributed by atoms with van der Waals surface area (Å²) in [6.45, 7) is 6.07. The van der Waals surface area contributed by atoms with E-state index in [2.05, 4.69) is 0 Å². The van der Waals surface area contributed by atoms with Crippen molar-refractivity contribution in [2.45, 2.75) is 52.5 Å². The first-order valence-corrected chi connectivity index (χ1v) is 7.19. The van der Waals surface area contributed by atoms with Crippen molar-refractivity contribution in [1.29, 1.82) is 0 Å². The molecule has 2 nitrogen and oxygen atoms in total.